The van der Waals surface area contributed by atoms with Gasteiger partial charge < -0.3 is 4.74 Å². The fourth-order valence-electron chi connectivity index (χ4n) is 0.154. The first-order chi connectivity index (χ1) is 3.56. The van der Waals surface area contributed by atoms with E-state index in [9.17, 15) is 13.2 Å². The van der Waals surface area contributed by atoms with Crippen molar-refractivity contribution in [3.05, 3.63) is 0 Å². The molecule has 0 fully saturated rings. The predicted octanol–water partition coefficient (Wildman–Crippen LogP) is 1.96. The van der Waals surface area contributed by atoms with Crippen molar-refractivity contribution in [3.8, 4) is 0 Å². The van der Waals surface area contributed by atoms with Crippen LogP contribution >= 0.6 is 22.6 Å². The second-order valence-corrected chi connectivity index (χ2v) is 1.70. The molecule has 0 aromatic heterocycles. The van der Waals surface area contributed by atoms with Crippen LogP contribution in [0.15, 0.2) is 0 Å². The van der Waals surface area contributed by atoms with Gasteiger partial charge in [-0.1, -0.05) is 22.6 Å². The zero-order valence-corrected chi connectivity index (χ0v) is 5.99. The van der Waals surface area contributed by atoms with Gasteiger partial charge in [-0.05, 0) is 0 Å². The summed E-state index contributed by atoms with van der Waals surface area (Å²) in [6.45, 7) is -1.14. The number of rotatable bonds is 2. The predicted molar refractivity (Wildman–Crippen MR) is 30.9 cm³/mol. The van der Waals surface area contributed by atoms with Crippen molar-refractivity contribution >= 4 is 22.6 Å². The first-order valence-corrected chi connectivity index (χ1v) is 3.29. The van der Waals surface area contributed by atoms with E-state index in [0.29, 0.717) is 0 Å². The van der Waals surface area contributed by atoms with E-state index in [1.807, 2.05) is 0 Å². The minimum absolute atomic E-state index is 0.0806. The van der Waals surface area contributed by atoms with E-state index in [4.69, 9.17) is 0 Å². The Morgan fingerprint density at radius 1 is 1.38 bits per heavy atom. The van der Waals surface area contributed by atoms with E-state index >= 15 is 0 Å². The van der Waals surface area contributed by atoms with Crippen molar-refractivity contribution < 1.29 is 17.9 Å². The number of hydrogen-bond acceptors (Lipinski definition) is 1. The fourth-order valence-corrected chi connectivity index (χ4v) is 0.375. The zero-order valence-electron chi connectivity index (χ0n) is 3.83. The molecular weight excluding hydrogens is 236 g/mol. The molecule has 5 heteroatoms. The molecule has 0 saturated carbocycles. The number of ether oxygens (including phenoxy) is 1. The maximum Gasteiger partial charge on any atom is 0.411 e. The second kappa shape index (κ2) is 3.49. The fraction of sp³-hybridized carbons (Fsp3) is 1.00. The summed E-state index contributed by atoms with van der Waals surface area (Å²) in [5, 5.41) is 0. The lowest BCUT2D eigenvalue weighted by atomic mass is 10.7. The highest BCUT2D eigenvalue weighted by molar-refractivity contribution is 14.1. The van der Waals surface area contributed by atoms with Gasteiger partial charge in [-0.2, -0.15) is 13.2 Å². The molecule has 0 N–H and O–H groups in total. The molecular formula is C3H4F3IO. The molecule has 0 rings (SSSR count). The Bertz CT molecular complexity index is 62.0. The standard InChI is InChI=1S/C3H4F3IO/c4-3(5,6)1-8-2-7/h1-2H2. The Morgan fingerprint density at radius 3 is 2.00 bits per heavy atom. The Kier molecular flexibility index (Phi) is 3.70. The highest BCUT2D eigenvalue weighted by atomic mass is 127. The van der Waals surface area contributed by atoms with Gasteiger partial charge in [0.25, 0.3) is 0 Å². The molecule has 0 atom stereocenters. The van der Waals surface area contributed by atoms with Crippen molar-refractivity contribution in [1.29, 1.82) is 0 Å². The van der Waals surface area contributed by atoms with Gasteiger partial charge >= 0.3 is 6.18 Å². The topological polar surface area (TPSA) is 9.23 Å². The SMILES string of the molecule is FC(F)(F)COCI. The smallest absolute Gasteiger partial charge is 0.362 e. The molecule has 50 valence electrons. The lowest BCUT2D eigenvalue weighted by molar-refractivity contribution is -0.168. The highest BCUT2D eigenvalue weighted by Crippen LogP contribution is 2.14. The lowest BCUT2D eigenvalue weighted by Gasteiger charge is -2.03. The van der Waals surface area contributed by atoms with E-state index in [1.54, 1.807) is 22.6 Å². The summed E-state index contributed by atoms with van der Waals surface area (Å²) in [5.41, 5.74) is 0. The van der Waals surface area contributed by atoms with Gasteiger partial charge in [-0.3, -0.25) is 0 Å². The van der Waals surface area contributed by atoms with Crippen molar-refractivity contribution in [3.63, 3.8) is 0 Å². The van der Waals surface area contributed by atoms with Crippen LogP contribution in [0.5, 0.6) is 0 Å². The number of halogens is 4. The second-order valence-electron chi connectivity index (χ2n) is 1.07. The van der Waals surface area contributed by atoms with Crippen molar-refractivity contribution in [1.82, 2.24) is 0 Å². The van der Waals surface area contributed by atoms with E-state index in [-0.39, 0.29) is 4.61 Å². The summed E-state index contributed by atoms with van der Waals surface area (Å²) >= 11 is 1.71. The van der Waals surface area contributed by atoms with Gasteiger partial charge in [0.1, 0.15) is 6.61 Å². The first-order valence-electron chi connectivity index (χ1n) is 1.77. The van der Waals surface area contributed by atoms with Crippen LogP contribution in [0.1, 0.15) is 0 Å². The monoisotopic (exact) mass is 240 g/mol. The van der Waals surface area contributed by atoms with Gasteiger partial charge in [-0.25, -0.2) is 0 Å². The van der Waals surface area contributed by atoms with Gasteiger partial charge in [0.15, 0.2) is 0 Å². The van der Waals surface area contributed by atoms with Crippen LogP contribution in [0.25, 0.3) is 0 Å². The van der Waals surface area contributed by atoms with E-state index in [2.05, 4.69) is 4.74 Å². The first kappa shape index (κ1) is 8.48. The van der Waals surface area contributed by atoms with Crippen LogP contribution in [0.4, 0.5) is 13.2 Å². The zero-order chi connectivity index (χ0) is 6.62. The van der Waals surface area contributed by atoms with E-state index < -0.39 is 12.8 Å². The Morgan fingerprint density at radius 2 is 1.88 bits per heavy atom. The van der Waals surface area contributed by atoms with Crippen molar-refractivity contribution in [2.45, 2.75) is 6.18 Å². The maximum atomic E-state index is 11.1. The molecule has 0 spiro atoms. The average molecular weight is 240 g/mol. The quantitative estimate of drug-likeness (QED) is 0.529. The molecule has 0 heterocycles. The summed E-state index contributed by atoms with van der Waals surface area (Å²) in [4.78, 5) is 0. The lowest BCUT2D eigenvalue weighted by Crippen LogP contribution is -2.15. The minimum Gasteiger partial charge on any atom is -0.362 e. The Labute approximate surface area is 58.3 Å². The largest absolute Gasteiger partial charge is 0.411 e. The summed E-state index contributed by atoms with van der Waals surface area (Å²) in [6.07, 6.45) is -4.18. The summed E-state index contributed by atoms with van der Waals surface area (Å²) < 4.78 is 37.5. The van der Waals surface area contributed by atoms with E-state index in [0.717, 1.165) is 0 Å². The normalized spacial score (nSPS) is 12.0. The molecule has 0 radical (unpaired) electrons. The summed E-state index contributed by atoms with van der Waals surface area (Å²) in [5.74, 6) is 0. The molecule has 0 aliphatic carbocycles. The summed E-state index contributed by atoms with van der Waals surface area (Å²) in [7, 11) is 0. The molecule has 1 nitrogen and oxygen atoms in total. The summed E-state index contributed by atoms with van der Waals surface area (Å²) in [6, 6.07) is 0. The van der Waals surface area contributed by atoms with Gasteiger partial charge in [0.2, 0.25) is 0 Å². The molecule has 0 amide bonds. The molecule has 0 saturated heterocycles. The molecule has 0 aliphatic rings. The van der Waals surface area contributed by atoms with Gasteiger partial charge in [0.05, 0.1) is 4.61 Å². The molecule has 0 bridgehead atoms. The molecule has 0 aromatic carbocycles. The molecule has 0 aromatic rings. The molecule has 0 aliphatic heterocycles. The molecule has 0 unspecified atom stereocenters. The van der Waals surface area contributed by atoms with Crippen LogP contribution in [0.3, 0.4) is 0 Å². The third-order valence-electron chi connectivity index (χ3n) is 0.343. The molecule has 8 heavy (non-hydrogen) atoms. The maximum absolute atomic E-state index is 11.1. The van der Waals surface area contributed by atoms with Crippen molar-refractivity contribution in [2.24, 2.45) is 0 Å². The van der Waals surface area contributed by atoms with Crippen LogP contribution < -0.4 is 0 Å². The number of hydrogen-bond donors (Lipinski definition) is 0. The van der Waals surface area contributed by atoms with Gasteiger partial charge in [0, 0.05) is 0 Å². The van der Waals surface area contributed by atoms with Crippen LogP contribution in [0.2, 0.25) is 0 Å². The van der Waals surface area contributed by atoms with Crippen LogP contribution in [-0.4, -0.2) is 17.4 Å². The van der Waals surface area contributed by atoms with Gasteiger partial charge in [-0.15, -0.1) is 0 Å². The number of alkyl halides is 4. The Balaban J connectivity index is 3.11. The highest BCUT2D eigenvalue weighted by Gasteiger charge is 2.26. The minimum atomic E-state index is -4.18. The average Bonchev–Trinajstić information content (AvgIpc) is 1.59. The van der Waals surface area contributed by atoms with Crippen LogP contribution in [-0.2, 0) is 4.74 Å². The van der Waals surface area contributed by atoms with E-state index in [1.165, 1.54) is 0 Å². The van der Waals surface area contributed by atoms with Crippen LogP contribution in [0, 0.1) is 0 Å². The third kappa shape index (κ3) is 6.48. The third-order valence-corrected chi connectivity index (χ3v) is 0.783. The Hall–Kier alpha value is 0.480. The van der Waals surface area contributed by atoms with Crippen molar-refractivity contribution in [2.75, 3.05) is 11.2 Å².